The zero-order chi connectivity index (χ0) is 9.56. The zero-order valence-corrected chi connectivity index (χ0v) is 8.46. The zero-order valence-electron chi connectivity index (χ0n) is 8.46. The van der Waals surface area contributed by atoms with Crippen LogP contribution in [0.1, 0.15) is 34.1 Å². The van der Waals surface area contributed by atoms with Gasteiger partial charge in [-0.3, -0.25) is 4.79 Å². The highest BCUT2D eigenvalue weighted by Gasteiger charge is 2.15. The van der Waals surface area contributed by atoms with Crippen molar-refractivity contribution in [1.29, 1.82) is 0 Å². The second kappa shape index (κ2) is 6.10. The van der Waals surface area contributed by atoms with Crippen LogP contribution in [0, 0.1) is 0 Å². The van der Waals surface area contributed by atoms with E-state index in [2.05, 4.69) is 6.92 Å². The number of rotatable bonds is 5. The van der Waals surface area contributed by atoms with Crippen molar-refractivity contribution in [2.24, 2.45) is 0 Å². The van der Waals surface area contributed by atoms with Crippen molar-refractivity contribution >= 4 is 13.2 Å². The summed E-state index contributed by atoms with van der Waals surface area (Å²) in [6.07, 6.45) is 2.06. The minimum absolute atomic E-state index is 0.00465. The summed E-state index contributed by atoms with van der Waals surface area (Å²) in [5, 5.41) is 0. The van der Waals surface area contributed by atoms with E-state index >= 15 is 0 Å². The SMILES string of the molecule is CCC[B][C@@H](C)C(=O)OC(C)C. The Hall–Kier alpha value is -0.465. The molecule has 0 heterocycles. The molecule has 0 aliphatic heterocycles. The fourth-order valence-electron chi connectivity index (χ4n) is 0.853. The first-order valence-electron chi connectivity index (χ1n) is 4.61. The Kier molecular flexibility index (Phi) is 5.86. The summed E-state index contributed by atoms with van der Waals surface area (Å²) in [5.41, 5.74) is 0. The first-order valence-corrected chi connectivity index (χ1v) is 4.61. The van der Waals surface area contributed by atoms with Crippen molar-refractivity contribution in [3.8, 4) is 0 Å². The number of ether oxygens (including phenoxy) is 1. The van der Waals surface area contributed by atoms with Crippen LogP contribution < -0.4 is 0 Å². The average Bonchev–Trinajstić information content (AvgIpc) is 1.98. The standard InChI is InChI=1S/C9H18BO2/c1-5-6-10-8(4)9(11)12-7(2)3/h7-8H,5-6H2,1-4H3/t8-/m0/s1. The maximum absolute atomic E-state index is 11.2. The Balaban J connectivity index is 3.61. The summed E-state index contributed by atoms with van der Waals surface area (Å²) in [4.78, 5) is 11.2. The minimum atomic E-state index is -0.113. The van der Waals surface area contributed by atoms with Gasteiger partial charge in [0, 0.05) is 5.82 Å². The summed E-state index contributed by atoms with van der Waals surface area (Å²) in [5.74, 6) is -0.175. The van der Waals surface area contributed by atoms with Crippen molar-refractivity contribution in [2.45, 2.75) is 52.4 Å². The van der Waals surface area contributed by atoms with Gasteiger partial charge in [-0.15, -0.1) is 0 Å². The molecule has 0 saturated heterocycles. The van der Waals surface area contributed by atoms with Gasteiger partial charge in [0.05, 0.1) is 6.10 Å². The van der Waals surface area contributed by atoms with Crippen LogP contribution in [0.4, 0.5) is 0 Å². The number of carbonyl (C=O) groups is 1. The molecule has 0 fully saturated rings. The number of hydrogen-bond donors (Lipinski definition) is 0. The third-order valence-corrected chi connectivity index (χ3v) is 1.53. The van der Waals surface area contributed by atoms with Crippen molar-refractivity contribution < 1.29 is 9.53 Å². The first kappa shape index (κ1) is 11.5. The van der Waals surface area contributed by atoms with Gasteiger partial charge in [0.15, 0.2) is 0 Å². The molecule has 12 heavy (non-hydrogen) atoms. The van der Waals surface area contributed by atoms with Crippen molar-refractivity contribution in [1.82, 2.24) is 0 Å². The molecule has 0 bridgehead atoms. The van der Waals surface area contributed by atoms with Crippen molar-refractivity contribution in [3.63, 3.8) is 0 Å². The van der Waals surface area contributed by atoms with Gasteiger partial charge in [-0.1, -0.05) is 26.6 Å². The molecule has 0 aliphatic carbocycles. The molecular formula is C9H18BO2. The Morgan fingerprint density at radius 2 is 2.00 bits per heavy atom. The Morgan fingerprint density at radius 3 is 2.42 bits per heavy atom. The smallest absolute Gasteiger partial charge is 0.300 e. The van der Waals surface area contributed by atoms with E-state index in [4.69, 9.17) is 4.74 Å². The van der Waals surface area contributed by atoms with Gasteiger partial charge in [-0.05, 0) is 13.8 Å². The second-order valence-electron chi connectivity index (χ2n) is 3.30. The lowest BCUT2D eigenvalue weighted by molar-refractivity contribution is -0.146. The lowest BCUT2D eigenvalue weighted by Gasteiger charge is -2.12. The van der Waals surface area contributed by atoms with Crippen LogP contribution >= 0.6 is 0 Å². The predicted molar refractivity (Wildman–Crippen MR) is 51.5 cm³/mol. The fourth-order valence-corrected chi connectivity index (χ4v) is 0.853. The summed E-state index contributed by atoms with van der Waals surface area (Å²) in [6.45, 7) is 7.70. The van der Waals surface area contributed by atoms with E-state index in [0.29, 0.717) is 0 Å². The summed E-state index contributed by atoms with van der Waals surface area (Å²) < 4.78 is 5.04. The third-order valence-electron chi connectivity index (χ3n) is 1.53. The molecule has 0 rings (SSSR count). The van der Waals surface area contributed by atoms with Gasteiger partial charge in [0.25, 0.3) is 0 Å². The Labute approximate surface area is 75.9 Å². The molecule has 2 nitrogen and oxygen atoms in total. The van der Waals surface area contributed by atoms with E-state index < -0.39 is 0 Å². The molecular weight excluding hydrogens is 151 g/mol. The highest BCUT2D eigenvalue weighted by atomic mass is 16.5. The second-order valence-corrected chi connectivity index (χ2v) is 3.30. The van der Waals surface area contributed by atoms with E-state index in [-0.39, 0.29) is 17.9 Å². The largest absolute Gasteiger partial charge is 0.463 e. The van der Waals surface area contributed by atoms with Crippen LogP contribution in [-0.2, 0) is 9.53 Å². The number of hydrogen-bond acceptors (Lipinski definition) is 2. The van der Waals surface area contributed by atoms with Crippen LogP contribution in [0.15, 0.2) is 0 Å². The summed E-state index contributed by atoms with van der Waals surface area (Å²) in [6, 6.07) is 0. The topological polar surface area (TPSA) is 26.3 Å². The maximum atomic E-state index is 11.2. The first-order chi connectivity index (χ1) is 5.57. The van der Waals surface area contributed by atoms with Crippen molar-refractivity contribution in [3.05, 3.63) is 0 Å². The van der Waals surface area contributed by atoms with E-state index in [0.717, 1.165) is 12.7 Å². The predicted octanol–water partition coefficient (Wildman–Crippen LogP) is 2.28. The van der Waals surface area contributed by atoms with E-state index in [9.17, 15) is 4.79 Å². The summed E-state index contributed by atoms with van der Waals surface area (Å²) in [7, 11) is 2.00. The molecule has 0 aliphatic rings. The molecule has 69 valence electrons. The van der Waals surface area contributed by atoms with Gasteiger partial charge in [0.2, 0.25) is 0 Å². The van der Waals surface area contributed by atoms with Gasteiger partial charge >= 0.3 is 5.97 Å². The molecule has 3 heteroatoms. The third kappa shape index (κ3) is 5.22. The molecule has 0 spiro atoms. The Bertz CT molecular complexity index is 134. The highest BCUT2D eigenvalue weighted by Crippen LogP contribution is 2.08. The molecule has 0 N–H and O–H groups in total. The van der Waals surface area contributed by atoms with Crippen LogP contribution in [0.25, 0.3) is 0 Å². The van der Waals surface area contributed by atoms with Crippen LogP contribution in [-0.4, -0.2) is 19.4 Å². The van der Waals surface area contributed by atoms with Gasteiger partial charge in [-0.25, -0.2) is 0 Å². The van der Waals surface area contributed by atoms with Crippen molar-refractivity contribution in [2.75, 3.05) is 0 Å². The number of carbonyl (C=O) groups excluding carboxylic acids is 1. The Morgan fingerprint density at radius 1 is 1.42 bits per heavy atom. The molecule has 0 amide bonds. The van der Waals surface area contributed by atoms with Crippen LogP contribution in [0.5, 0.6) is 0 Å². The molecule has 0 aromatic carbocycles. The minimum Gasteiger partial charge on any atom is -0.463 e. The number of esters is 1. The highest BCUT2D eigenvalue weighted by molar-refractivity contribution is 6.43. The molecule has 0 aromatic heterocycles. The lowest BCUT2D eigenvalue weighted by Crippen LogP contribution is -2.18. The monoisotopic (exact) mass is 169 g/mol. The van der Waals surface area contributed by atoms with Gasteiger partial charge < -0.3 is 4.74 Å². The van der Waals surface area contributed by atoms with Gasteiger partial charge in [-0.2, -0.15) is 0 Å². The normalized spacial score (nSPS) is 12.8. The lowest BCUT2D eigenvalue weighted by atomic mass is 9.62. The molecule has 1 radical (unpaired) electrons. The fraction of sp³-hybridized carbons (Fsp3) is 0.889. The van der Waals surface area contributed by atoms with Gasteiger partial charge in [0.1, 0.15) is 7.28 Å². The average molecular weight is 169 g/mol. The van der Waals surface area contributed by atoms with Crippen LogP contribution in [0.3, 0.4) is 0 Å². The quantitative estimate of drug-likeness (QED) is 0.466. The maximum Gasteiger partial charge on any atom is 0.300 e. The van der Waals surface area contributed by atoms with Crippen LogP contribution in [0.2, 0.25) is 12.1 Å². The van der Waals surface area contributed by atoms with E-state index in [1.54, 1.807) is 0 Å². The van der Waals surface area contributed by atoms with E-state index in [1.807, 2.05) is 28.1 Å². The summed E-state index contributed by atoms with van der Waals surface area (Å²) >= 11 is 0. The van der Waals surface area contributed by atoms with E-state index in [1.165, 1.54) is 0 Å². The molecule has 0 unspecified atom stereocenters. The molecule has 0 saturated carbocycles. The molecule has 1 atom stereocenters. The molecule has 0 aromatic rings.